The molecule has 0 spiro atoms. The second-order valence-corrected chi connectivity index (χ2v) is 5.02. The number of aryl methyl sites for hydroxylation is 1. The van der Waals surface area contributed by atoms with E-state index in [1.807, 2.05) is 6.92 Å². The highest BCUT2D eigenvalue weighted by Gasteiger charge is 2.10. The molecule has 106 valence electrons. The molecule has 20 heavy (non-hydrogen) atoms. The second-order valence-electron chi connectivity index (χ2n) is 5.02. The minimum Gasteiger partial charge on any atom is -0.327 e. The third kappa shape index (κ3) is 3.84. The molecule has 0 saturated heterocycles. The van der Waals surface area contributed by atoms with E-state index >= 15 is 0 Å². The van der Waals surface area contributed by atoms with E-state index in [9.17, 15) is 13.2 Å². The van der Waals surface area contributed by atoms with Gasteiger partial charge in [-0.1, -0.05) is 6.07 Å². The fourth-order valence-corrected chi connectivity index (χ4v) is 2.27. The van der Waals surface area contributed by atoms with Crippen LogP contribution in [-0.2, 0) is 12.8 Å². The Hall–Kier alpha value is -1.81. The summed E-state index contributed by atoms with van der Waals surface area (Å²) in [6.07, 6.45) is 0.899. The fraction of sp³-hybridized carbons (Fsp3) is 0.250. The zero-order valence-corrected chi connectivity index (χ0v) is 11.2. The van der Waals surface area contributed by atoms with Crippen LogP contribution in [0.3, 0.4) is 0 Å². The first-order valence-corrected chi connectivity index (χ1v) is 6.39. The van der Waals surface area contributed by atoms with E-state index in [1.165, 1.54) is 24.3 Å². The third-order valence-corrected chi connectivity index (χ3v) is 3.21. The molecule has 0 aliphatic carbocycles. The Labute approximate surface area is 116 Å². The van der Waals surface area contributed by atoms with Crippen molar-refractivity contribution in [3.8, 4) is 0 Å². The summed E-state index contributed by atoms with van der Waals surface area (Å²) < 4.78 is 39.2. The van der Waals surface area contributed by atoms with Crippen LogP contribution in [0.25, 0.3) is 0 Å². The van der Waals surface area contributed by atoms with Gasteiger partial charge in [0, 0.05) is 12.1 Å². The number of hydrogen-bond donors (Lipinski definition) is 1. The van der Waals surface area contributed by atoms with Gasteiger partial charge in [0.2, 0.25) is 0 Å². The molecule has 0 aromatic heterocycles. The highest BCUT2D eigenvalue weighted by Crippen LogP contribution is 2.15. The van der Waals surface area contributed by atoms with Crippen molar-refractivity contribution >= 4 is 0 Å². The zero-order valence-electron chi connectivity index (χ0n) is 11.2. The molecule has 0 fully saturated rings. The molecule has 0 aliphatic heterocycles. The molecule has 2 N–H and O–H groups in total. The Morgan fingerprint density at radius 1 is 0.900 bits per heavy atom. The monoisotopic (exact) mass is 279 g/mol. The van der Waals surface area contributed by atoms with Gasteiger partial charge in [-0.3, -0.25) is 0 Å². The topological polar surface area (TPSA) is 26.0 Å². The van der Waals surface area contributed by atoms with Gasteiger partial charge in [0.25, 0.3) is 0 Å². The van der Waals surface area contributed by atoms with Crippen molar-refractivity contribution in [3.05, 3.63) is 70.5 Å². The molecule has 1 unspecified atom stereocenters. The van der Waals surface area contributed by atoms with E-state index in [0.29, 0.717) is 18.4 Å². The molecular formula is C16H16F3N. The first-order valence-electron chi connectivity index (χ1n) is 6.39. The minimum atomic E-state index is -0.606. The lowest BCUT2D eigenvalue weighted by molar-refractivity contribution is 0.574. The summed E-state index contributed by atoms with van der Waals surface area (Å²) >= 11 is 0. The maximum absolute atomic E-state index is 13.1. The first-order chi connectivity index (χ1) is 9.44. The molecule has 0 heterocycles. The van der Waals surface area contributed by atoms with Crippen LogP contribution in [-0.4, -0.2) is 6.04 Å². The van der Waals surface area contributed by atoms with Gasteiger partial charge in [0.1, 0.15) is 17.5 Å². The van der Waals surface area contributed by atoms with E-state index < -0.39 is 11.6 Å². The quantitative estimate of drug-likeness (QED) is 0.910. The van der Waals surface area contributed by atoms with E-state index in [4.69, 9.17) is 5.73 Å². The lowest BCUT2D eigenvalue weighted by Crippen LogP contribution is -2.26. The standard InChI is InChI=1S/C16H16F3N/c1-10-4-13(17)3-2-12(10)8-16(20)7-11-5-14(18)9-15(19)6-11/h2-6,9,16H,7-8,20H2,1H3. The highest BCUT2D eigenvalue weighted by molar-refractivity contribution is 5.28. The van der Waals surface area contributed by atoms with Crippen LogP contribution >= 0.6 is 0 Å². The van der Waals surface area contributed by atoms with Crippen molar-refractivity contribution in [1.82, 2.24) is 0 Å². The number of benzene rings is 2. The summed E-state index contributed by atoms with van der Waals surface area (Å²) in [6.45, 7) is 1.81. The number of nitrogens with two attached hydrogens (primary N) is 1. The molecule has 0 radical (unpaired) electrons. The zero-order chi connectivity index (χ0) is 14.7. The minimum absolute atomic E-state index is 0.277. The molecular weight excluding hydrogens is 263 g/mol. The van der Waals surface area contributed by atoms with Gasteiger partial charge in [0.15, 0.2) is 0 Å². The third-order valence-electron chi connectivity index (χ3n) is 3.21. The lowest BCUT2D eigenvalue weighted by Gasteiger charge is -2.14. The van der Waals surface area contributed by atoms with Crippen LogP contribution in [0.15, 0.2) is 36.4 Å². The summed E-state index contributed by atoms with van der Waals surface area (Å²) in [7, 11) is 0. The summed E-state index contributed by atoms with van der Waals surface area (Å²) in [5.41, 5.74) is 8.29. The molecule has 4 heteroatoms. The maximum atomic E-state index is 13.1. The van der Waals surface area contributed by atoms with Gasteiger partial charge < -0.3 is 5.73 Å². The summed E-state index contributed by atoms with van der Waals surface area (Å²) in [4.78, 5) is 0. The Kier molecular flexibility index (Phi) is 4.45. The van der Waals surface area contributed by atoms with Gasteiger partial charge in [0.05, 0.1) is 0 Å². The molecule has 0 amide bonds. The van der Waals surface area contributed by atoms with E-state index in [1.54, 1.807) is 6.07 Å². The molecule has 2 aromatic carbocycles. The Morgan fingerprint density at radius 2 is 1.55 bits per heavy atom. The predicted molar refractivity (Wildman–Crippen MR) is 72.9 cm³/mol. The lowest BCUT2D eigenvalue weighted by atomic mass is 9.97. The smallest absolute Gasteiger partial charge is 0.126 e. The van der Waals surface area contributed by atoms with Crippen molar-refractivity contribution in [2.75, 3.05) is 0 Å². The van der Waals surface area contributed by atoms with Crippen LogP contribution in [0, 0.1) is 24.4 Å². The number of halogens is 3. The molecule has 1 nitrogen and oxygen atoms in total. The van der Waals surface area contributed by atoms with Gasteiger partial charge in [-0.25, -0.2) is 13.2 Å². The summed E-state index contributed by atoms with van der Waals surface area (Å²) in [6, 6.07) is 7.64. The van der Waals surface area contributed by atoms with Crippen molar-refractivity contribution < 1.29 is 13.2 Å². The highest BCUT2D eigenvalue weighted by atomic mass is 19.1. The van der Waals surface area contributed by atoms with Crippen molar-refractivity contribution in [3.63, 3.8) is 0 Å². The predicted octanol–water partition coefficient (Wildman–Crippen LogP) is 3.52. The fourth-order valence-electron chi connectivity index (χ4n) is 2.27. The second kappa shape index (κ2) is 6.09. The maximum Gasteiger partial charge on any atom is 0.126 e. The Bertz CT molecular complexity index is 590. The number of rotatable bonds is 4. The first kappa shape index (κ1) is 14.6. The molecule has 2 aromatic rings. The average Bonchev–Trinajstić information content (AvgIpc) is 2.31. The normalized spacial score (nSPS) is 12.4. The van der Waals surface area contributed by atoms with Gasteiger partial charge >= 0.3 is 0 Å². The number of hydrogen-bond acceptors (Lipinski definition) is 1. The van der Waals surface area contributed by atoms with E-state index in [2.05, 4.69) is 0 Å². The SMILES string of the molecule is Cc1cc(F)ccc1CC(N)Cc1cc(F)cc(F)c1. The van der Waals surface area contributed by atoms with Crippen LogP contribution in [0.1, 0.15) is 16.7 Å². The van der Waals surface area contributed by atoms with Gasteiger partial charge in [-0.2, -0.15) is 0 Å². The van der Waals surface area contributed by atoms with Crippen molar-refractivity contribution in [2.24, 2.45) is 5.73 Å². The van der Waals surface area contributed by atoms with Crippen LogP contribution < -0.4 is 5.73 Å². The molecule has 1 atom stereocenters. The molecule has 0 aliphatic rings. The van der Waals surface area contributed by atoms with E-state index in [-0.39, 0.29) is 11.9 Å². The Morgan fingerprint density at radius 3 is 2.15 bits per heavy atom. The van der Waals surface area contributed by atoms with Gasteiger partial charge in [-0.15, -0.1) is 0 Å². The average molecular weight is 279 g/mol. The van der Waals surface area contributed by atoms with Gasteiger partial charge in [-0.05, 0) is 60.7 Å². The van der Waals surface area contributed by atoms with E-state index in [0.717, 1.165) is 17.2 Å². The summed E-state index contributed by atoms with van der Waals surface area (Å²) in [5.74, 6) is -1.50. The Balaban J connectivity index is 2.06. The molecule has 2 rings (SSSR count). The van der Waals surface area contributed by atoms with Crippen LogP contribution in [0.5, 0.6) is 0 Å². The van der Waals surface area contributed by atoms with Crippen LogP contribution in [0.2, 0.25) is 0 Å². The largest absolute Gasteiger partial charge is 0.327 e. The van der Waals surface area contributed by atoms with Crippen LogP contribution in [0.4, 0.5) is 13.2 Å². The molecule has 0 saturated carbocycles. The van der Waals surface area contributed by atoms with Crippen molar-refractivity contribution in [2.45, 2.75) is 25.8 Å². The van der Waals surface area contributed by atoms with Crippen molar-refractivity contribution in [1.29, 1.82) is 0 Å². The summed E-state index contributed by atoms with van der Waals surface area (Å²) in [5, 5.41) is 0. The molecule has 0 bridgehead atoms.